The molecule has 1 heterocycles. The molecule has 0 saturated heterocycles. The van der Waals surface area contributed by atoms with Gasteiger partial charge < -0.3 is 15.6 Å². The first-order chi connectivity index (χ1) is 14.2. The summed E-state index contributed by atoms with van der Waals surface area (Å²) in [5.41, 5.74) is 4.23. The first-order valence-electron chi connectivity index (χ1n) is 9.54. The quantitative estimate of drug-likeness (QED) is 0.355. The molecule has 0 saturated carbocycles. The Morgan fingerprint density at radius 2 is 1.79 bits per heavy atom. The molecule has 1 atom stereocenters. The highest BCUT2D eigenvalue weighted by Crippen LogP contribution is 2.30. The second kappa shape index (κ2) is 8.88. The van der Waals surface area contributed by atoms with Crippen LogP contribution in [0.4, 0.5) is 10.5 Å². The van der Waals surface area contributed by atoms with Crippen LogP contribution in [0.3, 0.4) is 0 Å². The van der Waals surface area contributed by atoms with E-state index in [2.05, 4.69) is 39.9 Å². The average molecular weight is 402 g/mol. The summed E-state index contributed by atoms with van der Waals surface area (Å²) in [7, 11) is 0. The Morgan fingerprint density at radius 1 is 1.00 bits per heavy atom. The molecule has 1 unspecified atom stereocenters. The highest BCUT2D eigenvalue weighted by atomic mass is 32.2. The minimum atomic E-state index is -0.205. The molecule has 29 heavy (non-hydrogen) atoms. The SMILES string of the molecule is CSc1cccc(NC(=O)NCC(c2ccccc2)c2c[nH]c3ccccc23)c1. The van der Waals surface area contributed by atoms with E-state index in [-0.39, 0.29) is 11.9 Å². The topological polar surface area (TPSA) is 56.9 Å². The zero-order valence-electron chi connectivity index (χ0n) is 16.2. The molecule has 3 N–H and O–H groups in total. The number of carbonyl (C=O) groups excluding carboxylic acids is 1. The van der Waals surface area contributed by atoms with Crippen LogP contribution in [0.15, 0.2) is 90.0 Å². The van der Waals surface area contributed by atoms with Crippen molar-refractivity contribution < 1.29 is 4.79 Å². The Balaban J connectivity index is 1.54. The summed E-state index contributed by atoms with van der Waals surface area (Å²) >= 11 is 1.65. The Labute approximate surface area is 174 Å². The van der Waals surface area contributed by atoms with E-state index < -0.39 is 0 Å². The van der Waals surface area contributed by atoms with Gasteiger partial charge in [-0.3, -0.25) is 0 Å². The summed E-state index contributed by atoms with van der Waals surface area (Å²) < 4.78 is 0. The fourth-order valence-corrected chi connectivity index (χ4v) is 4.01. The van der Waals surface area contributed by atoms with Gasteiger partial charge in [-0.25, -0.2) is 4.79 Å². The molecular formula is C24H23N3OS. The van der Waals surface area contributed by atoms with Gasteiger partial charge in [0.2, 0.25) is 0 Å². The number of nitrogens with one attached hydrogen (secondary N) is 3. The third kappa shape index (κ3) is 4.46. The van der Waals surface area contributed by atoms with E-state index in [1.54, 1.807) is 11.8 Å². The zero-order valence-corrected chi connectivity index (χ0v) is 17.0. The molecular weight excluding hydrogens is 378 g/mol. The number of para-hydroxylation sites is 1. The van der Waals surface area contributed by atoms with Crippen LogP contribution in [-0.4, -0.2) is 23.8 Å². The Hall–Kier alpha value is -3.18. The standard InChI is InChI=1S/C24H23N3OS/c1-29-19-11-7-10-18(14-19)27-24(28)26-15-21(17-8-3-2-4-9-17)22-16-25-23-13-6-5-12-20(22)23/h2-14,16,21,25H,15H2,1H3,(H2,26,27,28). The van der Waals surface area contributed by atoms with Gasteiger partial charge in [0.15, 0.2) is 0 Å². The van der Waals surface area contributed by atoms with Crippen molar-refractivity contribution in [3.63, 3.8) is 0 Å². The number of hydrogen-bond acceptors (Lipinski definition) is 2. The molecule has 0 bridgehead atoms. The third-order valence-electron chi connectivity index (χ3n) is 4.99. The number of aromatic nitrogens is 1. The van der Waals surface area contributed by atoms with Gasteiger partial charge in [-0.15, -0.1) is 11.8 Å². The smallest absolute Gasteiger partial charge is 0.319 e. The second-order valence-electron chi connectivity index (χ2n) is 6.82. The lowest BCUT2D eigenvalue weighted by Crippen LogP contribution is -2.32. The van der Waals surface area contributed by atoms with Crippen LogP contribution in [0.25, 0.3) is 10.9 Å². The number of anilines is 1. The summed E-state index contributed by atoms with van der Waals surface area (Å²) in [5, 5.41) is 7.16. The van der Waals surface area contributed by atoms with Crippen LogP contribution >= 0.6 is 11.8 Å². The van der Waals surface area contributed by atoms with Crippen LogP contribution < -0.4 is 10.6 Å². The van der Waals surface area contributed by atoms with Crippen molar-refractivity contribution in [1.82, 2.24) is 10.3 Å². The number of rotatable bonds is 6. The first-order valence-corrected chi connectivity index (χ1v) is 10.8. The highest BCUT2D eigenvalue weighted by molar-refractivity contribution is 7.98. The normalized spacial score (nSPS) is 11.9. The van der Waals surface area contributed by atoms with Crippen LogP contribution in [0.2, 0.25) is 0 Å². The number of aromatic amines is 1. The predicted molar refractivity (Wildman–Crippen MR) is 122 cm³/mol. The molecule has 4 nitrogen and oxygen atoms in total. The van der Waals surface area contributed by atoms with Crippen molar-refractivity contribution in [2.45, 2.75) is 10.8 Å². The van der Waals surface area contributed by atoms with E-state index in [0.29, 0.717) is 6.54 Å². The van der Waals surface area contributed by atoms with Crippen LogP contribution in [0.5, 0.6) is 0 Å². The summed E-state index contributed by atoms with van der Waals surface area (Å²) in [6.45, 7) is 0.500. The molecule has 4 aromatic rings. The van der Waals surface area contributed by atoms with E-state index in [1.807, 2.05) is 67.0 Å². The predicted octanol–water partition coefficient (Wildman–Crippen LogP) is 5.84. The molecule has 0 aliphatic rings. The Bertz CT molecular complexity index is 1110. The molecule has 146 valence electrons. The van der Waals surface area contributed by atoms with Crippen LogP contribution in [0.1, 0.15) is 17.0 Å². The lowest BCUT2D eigenvalue weighted by molar-refractivity contribution is 0.252. The first kappa shape index (κ1) is 19.2. The number of carbonyl (C=O) groups is 1. The van der Waals surface area contributed by atoms with Gasteiger partial charge in [-0.1, -0.05) is 54.6 Å². The lowest BCUT2D eigenvalue weighted by atomic mass is 9.91. The summed E-state index contributed by atoms with van der Waals surface area (Å²) in [6, 6.07) is 26.2. The zero-order chi connectivity index (χ0) is 20.1. The molecule has 0 aliphatic carbocycles. The molecule has 0 spiro atoms. The minimum absolute atomic E-state index is 0.0515. The average Bonchev–Trinajstić information content (AvgIpc) is 3.19. The van der Waals surface area contributed by atoms with Crippen LogP contribution in [0, 0.1) is 0 Å². The van der Waals surface area contributed by atoms with Crippen LogP contribution in [-0.2, 0) is 0 Å². The number of benzene rings is 3. The van der Waals surface area contributed by atoms with Crippen molar-refractivity contribution in [1.29, 1.82) is 0 Å². The van der Waals surface area contributed by atoms with Crippen molar-refractivity contribution in [3.8, 4) is 0 Å². The number of fused-ring (bicyclic) bond motifs is 1. The van der Waals surface area contributed by atoms with Crippen molar-refractivity contribution in [2.24, 2.45) is 0 Å². The van der Waals surface area contributed by atoms with E-state index in [0.717, 1.165) is 16.1 Å². The molecule has 4 rings (SSSR count). The van der Waals surface area contributed by atoms with Gasteiger partial charge in [-0.05, 0) is 41.6 Å². The second-order valence-corrected chi connectivity index (χ2v) is 7.70. The molecule has 2 amide bonds. The number of hydrogen-bond donors (Lipinski definition) is 3. The Morgan fingerprint density at radius 3 is 2.62 bits per heavy atom. The number of thioether (sulfide) groups is 1. The van der Waals surface area contributed by atoms with Gasteiger partial charge in [0.1, 0.15) is 0 Å². The largest absolute Gasteiger partial charge is 0.361 e. The van der Waals surface area contributed by atoms with Gasteiger partial charge in [-0.2, -0.15) is 0 Å². The van der Waals surface area contributed by atoms with E-state index in [4.69, 9.17) is 0 Å². The molecule has 5 heteroatoms. The summed E-state index contributed by atoms with van der Waals surface area (Å²) in [4.78, 5) is 17.0. The van der Waals surface area contributed by atoms with Gasteiger partial charge >= 0.3 is 6.03 Å². The molecule has 0 aliphatic heterocycles. The number of amides is 2. The summed E-state index contributed by atoms with van der Waals surface area (Å²) in [5.74, 6) is 0.0515. The van der Waals surface area contributed by atoms with Crippen molar-refractivity contribution in [2.75, 3.05) is 18.1 Å². The van der Waals surface area contributed by atoms with E-state index in [9.17, 15) is 4.79 Å². The van der Waals surface area contributed by atoms with E-state index >= 15 is 0 Å². The fourth-order valence-electron chi connectivity index (χ4n) is 3.55. The van der Waals surface area contributed by atoms with Gasteiger partial charge in [0.05, 0.1) is 0 Å². The highest BCUT2D eigenvalue weighted by Gasteiger charge is 2.19. The van der Waals surface area contributed by atoms with Crippen molar-refractivity contribution in [3.05, 3.63) is 96.2 Å². The monoisotopic (exact) mass is 401 g/mol. The van der Waals surface area contributed by atoms with Gasteiger partial charge in [0, 0.05) is 40.1 Å². The maximum Gasteiger partial charge on any atom is 0.319 e. The van der Waals surface area contributed by atoms with Crippen molar-refractivity contribution >= 4 is 34.4 Å². The molecule has 0 fully saturated rings. The maximum atomic E-state index is 12.5. The third-order valence-corrected chi connectivity index (χ3v) is 5.72. The van der Waals surface area contributed by atoms with E-state index in [1.165, 1.54) is 16.5 Å². The van der Waals surface area contributed by atoms with Gasteiger partial charge in [0.25, 0.3) is 0 Å². The molecule has 0 radical (unpaired) electrons. The molecule has 3 aromatic carbocycles. The Kier molecular flexibility index (Phi) is 5.86. The molecule has 1 aromatic heterocycles. The minimum Gasteiger partial charge on any atom is -0.361 e. The number of urea groups is 1. The summed E-state index contributed by atoms with van der Waals surface area (Å²) in [6.07, 6.45) is 4.06. The lowest BCUT2D eigenvalue weighted by Gasteiger charge is -2.18. The maximum absolute atomic E-state index is 12.5. The number of H-pyrrole nitrogens is 1. The fraction of sp³-hybridized carbons (Fsp3) is 0.125.